The van der Waals surface area contributed by atoms with Gasteiger partial charge in [0.25, 0.3) is 0 Å². The summed E-state index contributed by atoms with van der Waals surface area (Å²) in [5, 5.41) is 0. The van der Waals surface area contributed by atoms with Gasteiger partial charge in [0.1, 0.15) is 0 Å². The van der Waals surface area contributed by atoms with Gasteiger partial charge >= 0.3 is 262 Å². The average molecular weight is 778 g/mol. The van der Waals surface area contributed by atoms with Crippen LogP contribution in [0.1, 0.15) is 119 Å². The molecule has 3 nitrogen and oxygen atoms in total. The third-order valence-corrected chi connectivity index (χ3v) is 42.8. The van der Waals surface area contributed by atoms with E-state index in [1.54, 1.807) is 9.84 Å². The summed E-state index contributed by atoms with van der Waals surface area (Å²) in [4.78, 5) is 0. The first kappa shape index (κ1) is 34.9. The normalized spacial score (nSPS) is 12.4. The zero-order chi connectivity index (χ0) is 29.6. The molecule has 230 valence electrons. The van der Waals surface area contributed by atoms with Gasteiger partial charge in [-0.2, -0.15) is 0 Å². The van der Waals surface area contributed by atoms with Crippen molar-refractivity contribution in [1.82, 2.24) is 0 Å². The molecule has 0 radical (unpaired) electrons. The van der Waals surface area contributed by atoms with Crippen molar-refractivity contribution in [3.8, 4) is 23.0 Å². The van der Waals surface area contributed by atoms with Crippen LogP contribution in [0.25, 0.3) is 23.0 Å². The van der Waals surface area contributed by atoms with Crippen LogP contribution in [-0.4, -0.2) is 36.8 Å². The van der Waals surface area contributed by atoms with Gasteiger partial charge < -0.3 is 0 Å². The van der Waals surface area contributed by atoms with Crippen molar-refractivity contribution in [3.05, 3.63) is 36.8 Å². The van der Waals surface area contributed by atoms with Crippen molar-refractivity contribution in [2.45, 2.75) is 145 Å². The predicted molar refractivity (Wildman–Crippen MR) is 183 cm³/mol. The SMILES string of the molecule is CCC[CH2][Sn]([CH2]CCC)([CH2]CCC)[c]1coc(-c2ccc(-c3ccco3)o2)[c]1[Sn]([CH2]CCC)([CH2]CCC)[CH2]CCC. The number of furan rings is 3. The first-order chi connectivity index (χ1) is 20.0. The Balaban J connectivity index is 2.32. The summed E-state index contributed by atoms with van der Waals surface area (Å²) < 4.78 is 31.7. The van der Waals surface area contributed by atoms with Gasteiger partial charge in [-0.05, 0) is 0 Å². The van der Waals surface area contributed by atoms with E-state index in [2.05, 4.69) is 59.9 Å². The van der Waals surface area contributed by atoms with Crippen molar-refractivity contribution in [1.29, 1.82) is 0 Å². The van der Waals surface area contributed by atoms with E-state index in [0.29, 0.717) is 0 Å². The van der Waals surface area contributed by atoms with Crippen molar-refractivity contribution < 1.29 is 13.3 Å². The van der Waals surface area contributed by atoms with Crippen LogP contribution in [-0.2, 0) is 0 Å². The molecular weight excluding hydrogens is 718 g/mol. The zero-order valence-electron chi connectivity index (χ0n) is 27.4. The van der Waals surface area contributed by atoms with E-state index in [0.717, 1.165) is 23.0 Å². The Morgan fingerprint density at radius 2 is 0.976 bits per heavy atom. The molecule has 0 unspecified atom stereocenters. The molecule has 0 aliphatic carbocycles. The van der Waals surface area contributed by atoms with Crippen LogP contribution >= 0.6 is 0 Å². The van der Waals surface area contributed by atoms with Crippen LogP contribution in [0.15, 0.2) is 50.0 Å². The van der Waals surface area contributed by atoms with Gasteiger partial charge in [-0.3, -0.25) is 0 Å². The van der Waals surface area contributed by atoms with Crippen LogP contribution in [0, 0.1) is 0 Å². The molecule has 0 saturated heterocycles. The first-order valence-electron chi connectivity index (χ1n) is 17.3. The third kappa shape index (κ3) is 8.98. The molecule has 0 aromatic carbocycles. The maximum absolute atomic E-state index is 6.89. The zero-order valence-corrected chi connectivity index (χ0v) is 33.1. The Labute approximate surface area is 260 Å². The molecule has 5 heteroatoms. The van der Waals surface area contributed by atoms with Crippen LogP contribution in [0.4, 0.5) is 0 Å². The van der Waals surface area contributed by atoms with E-state index in [1.165, 1.54) is 104 Å². The molecule has 0 amide bonds. The molecule has 3 rings (SSSR count). The van der Waals surface area contributed by atoms with E-state index in [9.17, 15) is 0 Å². The average Bonchev–Trinajstić information content (AvgIpc) is 3.78. The monoisotopic (exact) mass is 780 g/mol. The van der Waals surface area contributed by atoms with E-state index >= 15 is 0 Å². The Morgan fingerprint density at radius 3 is 1.41 bits per heavy atom. The molecule has 0 N–H and O–H groups in total. The number of unbranched alkanes of at least 4 members (excludes halogenated alkanes) is 6. The summed E-state index contributed by atoms with van der Waals surface area (Å²) in [7, 11) is 0. The van der Waals surface area contributed by atoms with E-state index in [1.807, 2.05) is 15.7 Å². The van der Waals surface area contributed by atoms with Crippen LogP contribution in [0.5, 0.6) is 0 Å². The van der Waals surface area contributed by atoms with Crippen LogP contribution in [0.3, 0.4) is 0 Å². The quantitative estimate of drug-likeness (QED) is 0.0954. The first-order valence-corrected chi connectivity index (χ1v) is 32.3. The summed E-state index contributed by atoms with van der Waals surface area (Å²) in [6.07, 6.45) is 20.1. The Morgan fingerprint density at radius 1 is 0.512 bits per heavy atom. The molecule has 0 spiro atoms. The molecule has 0 aliphatic heterocycles. The molecule has 3 aromatic heterocycles. The van der Waals surface area contributed by atoms with Gasteiger partial charge in [0, 0.05) is 0 Å². The fraction of sp³-hybridized carbons (Fsp3) is 0.667. The van der Waals surface area contributed by atoms with E-state index in [-0.39, 0.29) is 0 Å². The second-order valence-electron chi connectivity index (χ2n) is 12.7. The summed E-state index contributed by atoms with van der Waals surface area (Å²) >= 11 is -5.68. The van der Waals surface area contributed by atoms with Crippen molar-refractivity contribution >= 4 is 43.9 Å². The Bertz CT molecular complexity index is 1050. The number of hydrogen-bond acceptors (Lipinski definition) is 3. The number of rotatable bonds is 22. The molecule has 3 heterocycles. The molecule has 41 heavy (non-hydrogen) atoms. The Hall–Kier alpha value is -0.563. The summed E-state index contributed by atoms with van der Waals surface area (Å²) in [5.41, 5.74) is 0. The van der Waals surface area contributed by atoms with Crippen LogP contribution < -0.4 is 7.16 Å². The summed E-state index contributed by atoms with van der Waals surface area (Å²) in [6.45, 7) is 14.4. The Kier molecular flexibility index (Phi) is 15.6. The summed E-state index contributed by atoms with van der Waals surface area (Å²) in [6, 6.07) is 8.18. The second kappa shape index (κ2) is 18.3. The fourth-order valence-corrected chi connectivity index (χ4v) is 50.0. The number of hydrogen-bond donors (Lipinski definition) is 0. The molecule has 0 bridgehead atoms. The fourth-order valence-electron chi connectivity index (χ4n) is 7.09. The van der Waals surface area contributed by atoms with Gasteiger partial charge in [0.15, 0.2) is 0 Å². The van der Waals surface area contributed by atoms with Crippen molar-refractivity contribution in [2.75, 3.05) is 0 Å². The third-order valence-electron chi connectivity index (χ3n) is 9.54. The second-order valence-corrected chi connectivity index (χ2v) is 38.8. The molecule has 0 fully saturated rings. The molecular formula is C36H60O3Sn2. The minimum absolute atomic E-state index is 0.796. The van der Waals surface area contributed by atoms with Gasteiger partial charge in [-0.1, -0.05) is 0 Å². The van der Waals surface area contributed by atoms with Crippen LogP contribution in [0.2, 0.25) is 26.6 Å². The minimum atomic E-state index is -2.90. The molecule has 0 saturated carbocycles. The van der Waals surface area contributed by atoms with Gasteiger partial charge in [0.2, 0.25) is 0 Å². The van der Waals surface area contributed by atoms with Gasteiger partial charge in [0.05, 0.1) is 0 Å². The van der Waals surface area contributed by atoms with Gasteiger partial charge in [-0.25, -0.2) is 0 Å². The topological polar surface area (TPSA) is 39.4 Å². The molecule has 0 atom stereocenters. The maximum atomic E-state index is 6.89. The molecule has 3 aromatic rings. The summed E-state index contributed by atoms with van der Waals surface area (Å²) in [5.74, 6) is 3.67. The van der Waals surface area contributed by atoms with Gasteiger partial charge in [-0.15, -0.1) is 0 Å². The van der Waals surface area contributed by atoms with E-state index < -0.39 is 36.8 Å². The van der Waals surface area contributed by atoms with Crippen molar-refractivity contribution in [2.24, 2.45) is 0 Å². The van der Waals surface area contributed by atoms with Crippen molar-refractivity contribution in [3.63, 3.8) is 0 Å². The van der Waals surface area contributed by atoms with E-state index in [4.69, 9.17) is 13.3 Å². The predicted octanol–water partition coefficient (Wildman–Crippen LogP) is 11.9. The molecule has 0 aliphatic rings. The standard InChI is InChI=1S/C12H6O3.6C4H9.2Sn/c1-3-9(13-7-1)11-5-6-12(15-11)10-4-2-8-14-10;6*1-3-4-2;;/h1,3,5-8H;6*1,3-4H2,2H3;;.